The molecule has 9 heteroatoms. The third kappa shape index (κ3) is 5.48. The number of fused-ring (bicyclic) bond motifs is 1. The fourth-order valence-corrected chi connectivity index (χ4v) is 3.46. The van der Waals surface area contributed by atoms with Crippen molar-refractivity contribution in [3.05, 3.63) is 22.8 Å². The van der Waals surface area contributed by atoms with Gasteiger partial charge in [-0.25, -0.2) is 15.0 Å². The van der Waals surface area contributed by atoms with Crippen LogP contribution >= 0.6 is 0 Å². The second-order valence-electron chi connectivity index (χ2n) is 6.99. The Bertz CT molecular complexity index is 724. The SMILES string of the molecule is CC[C@H]1O[C@@H](n2cnc3c(NC)nc(CC[N-]C)nc32)[C@H](C)[C@@H]1C.C[N-]C.[Y]. The number of nitrogens with zero attached hydrogens (tertiary/aromatic N) is 6. The Morgan fingerprint density at radius 1 is 1.18 bits per heavy atom. The summed E-state index contributed by atoms with van der Waals surface area (Å²) in [6.07, 6.45) is 3.83. The first-order chi connectivity index (χ1) is 13.0. The molecule has 1 radical (unpaired) electrons. The monoisotopic (exact) mass is 464 g/mol. The Morgan fingerprint density at radius 2 is 1.86 bits per heavy atom. The molecule has 0 aromatic carbocycles. The molecule has 4 atom stereocenters. The molecule has 0 saturated carbocycles. The predicted octanol–water partition coefficient (Wildman–Crippen LogP) is 3.61. The van der Waals surface area contributed by atoms with Crippen LogP contribution in [0.3, 0.4) is 0 Å². The molecule has 2 aromatic heterocycles. The van der Waals surface area contributed by atoms with Crippen molar-refractivity contribution in [3.8, 4) is 0 Å². The van der Waals surface area contributed by atoms with Gasteiger partial charge in [-0.1, -0.05) is 20.8 Å². The maximum atomic E-state index is 6.31. The molecular weight excluding hydrogens is 431 g/mol. The van der Waals surface area contributed by atoms with E-state index in [0.29, 0.717) is 18.4 Å². The quantitative estimate of drug-likeness (QED) is 0.705. The van der Waals surface area contributed by atoms with Gasteiger partial charge in [0.25, 0.3) is 0 Å². The summed E-state index contributed by atoms with van der Waals surface area (Å²) in [6, 6.07) is 0. The van der Waals surface area contributed by atoms with Crippen LogP contribution in [0, 0.1) is 11.8 Å². The van der Waals surface area contributed by atoms with Crippen molar-refractivity contribution < 1.29 is 37.4 Å². The zero-order valence-corrected chi connectivity index (χ0v) is 21.0. The predicted molar refractivity (Wildman–Crippen MR) is 110 cm³/mol. The van der Waals surface area contributed by atoms with Gasteiger partial charge in [-0.3, -0.25) is 4.57 Å². The number of nitrogens with one attached hydrogen (secondary N) is 1. The molecule has 0 aliphatic carbocycles. The van der Waals surface area contributed by atoms with Crippen LogP contribution in [0.5, 0.6) is 0 Å². The molecule has 0 bridgehead atoms. The van der Waals surface area contributed by atoms with Crippen molar-refractivity contribution in [1.82, 2.24) is 19.5 Å². The maximum absolute atomic E-state index is 6.31. The molecule has 2 aromatic rings. The van der Waals surface area contributed by atoms with E-state index < -0.39 is 0 Å². The normalized spacial score (nSPS) is 23.8. The number of ether oxygens (including phenoxy) is 1. The largest absolute Gasteiger partial charge is 0.668 e. The van der Waals surface area contributed by atoms with E-state index in [0.717, 1.165) is 35.6 Å². The molecule has 1 N–H and O–H groups in total. The van der Waals surface area contributed by atoms with Gasteiger partial charge in [-0.2, -0.15) is 21.1 Å². The molecule has 0 spiro atoms. The van der Waals surface area contributed by atoms with E-state index in [2.05, 4.69) is 51.3 Å². The number of hydrogen-bond donors (Lipinski definition) is 1. The van der Waals surface area contributed by atoms with Crippen molar-refractivity contribution >= 4 is 17.0 Å². The van der Waals surface area contributed by atoms with Crippen LogP contribution in [-0.4, -0.2) is 60.4 Å². The molecule has 1 fully saturated rings. The summed E-state index contributed by atoms with van der Waals surface area (Å²) in [6.45, 7) is 7.40. The fraction of sp³-hybridized carbons (Fsp3) is 0.737. The van der Waals surface area contributed by atoms with Gasteiger partial charge in [-0.05, 0) is 18.8 Å². The summed E-state index contributed by atoms with van der Waals surface area (Å²) in [7, 11) is 7.17. The number of imidazole rings is 1. The zero-order chi connectivity index (χ0) is 20.0. The van der Waals surface area contributed by atoms with Crippen molar-refractivity contribution in [2.24, 2.45) is 11.8 Å². The van der Waals surface area contributed by atoms with Crippen LogP contribution in [0.1, 0.15) is 39.2 Å². The molecule has 1 aliphatic heterocycles. The van der Waals surface area contributed by atoms with Crippen molar-refractivity contribution in [2.75, 3.05) is 40.1 Å². The van der Waals surface area contributed by atoms with Crippen molar-refractivity contribution in [2.45, 2.75) is 45.9 Å². The van der Waals surface area contributed by atoms with Crippen LogP contribution in [0.2, 0.25) is 0 Å². The van der Waals surface area contributed by atoms with Crippen LogP contribution in [0.25, 0.3) is 21.8 Å². The molecule has 3 heterocycles. The molecule has 0 unspecified atom stereocenters. The fourth-order valence-electron chi connectivity index (χ4n) is 3.46. The zero-order valence-electron chi connectivity index (χ0n) is 18.2. The average Bonchev–Trinajstić information content (AvgIpc) is 3.21. The van der Waals surface area contributed by atoms with Gasteiger partial charge in [0.1, 0.15) is 12.1 Å². The molecule has 1 saturated heterocycles. The summed E-state index contributed by atoms with van der Waals surface area (Å²) >= 11 is 0. The van der Waals surface area contributed by atoms with E-state index >= 15 is 0 Å². The Hall–Kier alpha value is -0.666. The van der Waals surface area contributed by atoms with E-state index in [9.17, 15) is 0 Å². The molecular formula is C19H33N7OY-2. The van der Waals surface area contributed by atoms with Gasteiger partial charge in [-0.15, -0.1) is 6.54 Å². The van der Waals surface area contributed by atoms with Gasteiger partial charge >= 0.3 is 0 Å². The second kappa shape index (κ2) is 12.1. The molecule has 28 heavy (non-hydrogen) atoms. The molecule has 155 valence electrons. The first-order valence-corrected chi connectivity index (χ1v) is 9.62. The van der Waals surface area contributed by atoms with Gasteiger partial charge < -0.3 is 20.7 Å². The van der Waals surface area contributed by atoms with Gasteiger partial charge in [0.15, 0.2) is 17.0 Å². The van der Waals surface area contributed by atoms with Crippen LogP contribution in [0.15, 0.2) is 6.33 Å². The van der Waals surface area contributed by atoms with E-state index in [1.165, 1.54) is 0 Å². The van der Waals surface area contributed by atoms with Crippen LogP contribution < -0.4 is 5.32 Å². The minimum absolute atomic E-state index is 0. The minimum atomic E-state index is -0.0294. The smallest absolute Gasteiger partial charge is 0.167 e. The number of likely N-dealkylation sites (N-methyl/N-ethyl adjacent to an activating group) is 1. The summed E-state index contributed by atoms with van der Waals surface area (Å²) in [4.78, 5) is 13.8. The van der Waals surface area contributed by atoms with Crippen LogP contribution in [0.4, 0.5) is 5.82 Å². The summed E-state index contributed by atoms with van der Waals surface area (Å²) in [5.74, 6) is 2.47. The van der Waals surface area contributed by atoms with Crippen molar-refractivity contribution in [3.63, 3.8) is 0 Å². The summed E-state index contributed by atoms with van der Waals surface area (Å²) in [5.41, 5.74) is 1.62. The standard InChI is InChI=1S/C17H27N6O.C2H6N.Y/c1-6-12-10(2)11(3)17(24-12)23-9-20-14-15(19-5)21-13(7-8-18-4)22-16(14)23;1-3-2;/h9-12,17H,6-8H2,1-5H3,(H,19,21,22);1-2H3;/q2*-1;/t10-,11+,12+,17+;;/m0../s1. The maximum Gasteiger partial charge on any atom is 0.167 e. The van der Waals surface area contributed by atoms with Gasteiger partial charge in [0.2, 0.25) is 0 Å². The van der Waals surface area contributed by atoms with Crippen molar-refractivity contribution in [1.29, 1.82) is 0 Å². The second-order valence-corrected chi connectivity index (χ2v) is 6.99. The molecule has 8 nitrogen and oxygen atoms in total. The van der Waals surface area contributed by atoms with Crippen LogP contribution in [-0.2, 0) is 43.9 Å². The van der Waals surface area contributed by atoms with E-state index in [1.54, 1.807) is 14.1 Å². The summed E-state index contributed by atoms with van der Waals surface area (Å²) < 4.78 is 8.38. The molecule has 0 amide bonds. The summed E-state index contributed by atoms with van der Waals surface area (Å²) in [5, 5.41) is 10.8. The third-order valence-electron chi connectivity index (χ3n) is 5.12. The average molecular weight is 464 g/mol. The minimum Gasteiger partial charge on any atom is -0.668 e. The first kappa shape index (κ1) is 25.4. The molecule has 1 aliphatic rings. The number of aromatic nitrogens is 4. The topological polar surface area (TPSA) is 93.1 Å². The van der Waals surface area contributed by atoms with Gasteiger partial charge in [0.05, 0.1) is 12.4 Å². The Balaban J connectivity index is 0.000000921. The van der Waals surface area contributed by atoms with E-state index in [-0.39, 0.29) is 45.0 Å². The van der Waals surface area contributed by atoms with E-state index in [1.807, 2.05) is 20.4 Å². The third-order valence-corrected chi connectivity index (χ3v) is 5.12. The number of hydrogen-bond acceptors (Lipinski definition) is 5. The molecule has 3 rings (SSSR count). The van der Waals surface area contributed by atoms with E-state index in [4.69, 9.17) is 9.72 Å². The Morgan fingerprint density at radius 3 is 2.39 bits per heavy atom. The first-order valence-electron chi connectivity index (χ1n) is 9.62. The van der Waals surface area contributed by atoms with Gasteiger partial charge in [0, 0.05) is 45.7 Å². The Kier molecular flexibility index (Phi) is 11.0. The number of rotatable bonds is 6. The number of anilines is 1. The Labute approximate surface area is 193 Å².